The lowest BCUT2D eigenvalue weighted by Gasteiger charge is -2.20. The highest BCUT2D eigenvalue weighted by Crippen LogP contribution is 2.22. The summed E-state index contributed by atoms with van der Waals surface area (Å²) in [6, 6.07) is 0. The molecule has 62 valence electrons. The summed E-state index contributed by atoms with van der Waals surface area (Å²) in [5.41, 5.74) is -1.95. The van der Waals surface area contributed by atoms with Crippen molar-refractivity contribution in [2.45, 2.75) is 25.3 Å². The zero-order valence-corrected chi connectivity index (χ0v) is 5.86. The zero-order chi connectivity index (χ0) is 8.65. The van der Waals surface area contributed by atoms with Crippen LogP contribution in [0.15, 0.2) is 0 Å². The molecule has 1 saturated heterocycles. The van der Waals surface area contributed by atoms with Crippen LogP contribution >= 0.6 is 0 Å². The largest absolute Gasteiger partial charge is 0.338 e. The van der Waals surface area contributed by atoms with Gasteiger partial charge in [-0.3, -0.25) is 9.59 Å². The number of hydrogen-bond acceptors (Lipinski definition) is 2. The fourth-order valence-electron chi connectivity index (χ4n) is 0.909. The molecule has 0 spiro atoms. The number of rotatable bonds is 1. The van der Waals surface area contributed by atoms with Crippen LogP contribution in [0.1, 0.15) is 13.3 Å². The van der Waals surface area contributed by atoms with Crippen molar-refractivity contribution in [3.05, 3.63) is 0 Å². The molecule has 1 heterocycles. The molecule has 0 aromatic rings. The fourth-order valence-corrected chi connectivity index (χ4v) is 0.909. The number of amides is 1. The minimum Gasteiger partial charge on any atom is -0.338 e. The van der Waals surface area contributed by atoms with Crippen LogP contribution in [-0.4, -0.2) is 23.7 Å². The van der Waals surface area contributed by atoms with Gasteiger partial charge >= 0.3 is 0 Å². The first-order valence-electron chi connectivity index (χ1n) is 3.09. The third kappa shape index (κ3) is 1.10. The molecule has 1 rings (SSSR count). The Kier molecular flexibility index (Phi) is 1.66. The molecule has 0 radical (unpaired) electrons. The lowest BCUT2D eigenvalue weighted by Crippen LogP contribution is -2.49. The van der Waals surface area contributed by atoms with Gasteiger partial charge in [-0.2, -0.15) is 0 Å². The maximum Gasteiger partial charge on any atom is 0.268 e. The minimum atomic E-state index is -2.83. The second-order valence-corrected chi connectivity index (χ2v) is 2.65. The summed E-state index contributed by atoms with van der Waals surface area (Å²) < 4.78 is 24.2. The first-order chi connectivity index (χ1) is 4.97. The zero-order valence-electron chi connectivity index (χ0n) is 5.86. The molecule has 1 aliphatic heterocycles. The summed E-state index contributed by atoms with van der Waals surface area (Å²) in [4.78, 5) is 21.3. The molecule has 5 heteroatoms. The third-order valence-electron chi connectivity index (χ3n) is 1.74. The Balaban J connectivity index is 2.87. The number of Topliss-reactive ketones (excluding diaryl/α,β-unsaturated/α-hetero) is 1. The van der Waals surface area contributed by atoms with Gasteiger partial charge in [-0.15, -0.1) is 0 Å². The van der Waals surface area contributed by atoms with Crippen molar-refractivity contribution in [1.82, 2.24) is 5.32 Å². The average molecular weight is 163 g/mol. The van der Waals surface area contributed by atoms with E-state index in [0.717, 1.165) is 6.92 Å². The van der Waals surface area contributed by atoms with Gasteiger partial charge in [-0.25, -0.2) is 8.78 Å². The van der Waals surface area contributed by atoms with Crippen molar-refractivity contribution >= 4 is 11.7 Å². The van der Waals surface area contributed by atoms with Gasteiger partial charge in [0, 0.05) is 0 Å². The standard InChI is InChI=1S/C6H7F2NO2/c1-6(5(7)8)3(10)2-4(11)9-6/h5H,2H2,1H3,(H,9,11). The van der Waals surface area contributed by atoms with Crippen LogP contribution in [0.2, 0.25) is 0 Å². The second kappa shape index (κ2) is 2.25. The Morgan fingerprint density at radius 1 is 1.55 bits per heavy atom. The van der Waals surface area contributed by atoms with Crippen molar-refractivity contribution in [2.24, 2.45) is 0 Å². The van der Waals surface area contributed by atoms with Crippen LogP contribution < -0.4 is 5.32 Å². The summed E-state index contributed by atoms with van der Waals surface area (Å²) in [6.45, 7) is 1.03. The van der Waals surface area contributed by atoms with Crippen LogP contribution in [0.25, 0.3) is 0 Å². The maximum atomic E-state index is 12.1. The lowest BCUT2D eigenvalue weighted by atomic mass is 10.00. The molecule has 0 aromatic heterocycles. The summed E-state index contributed by atoms with van der Waals surface area (Å²) in [7, 11) is 0. The van der Waals surface area contributed by atoms with Crippen LogP contribution in [-0.2, 0) is 9.59 Å². The average Bonchev–Trinajstić information content (AvgIpc) is 2.08. The van der Waals surface area contributed by atoms with E-state index in [4.69, 9.17) is 0 Å². The first kappa shape index (κ1) is 8.10. The van der Waals surface area contributed by atoms with E-state index >= 15 is 0 Å². The molecule has 1 unspecified atom stereocenters. The number of hydrogen-bond donors (Lipinski definition) is 1. The highest BCUT2D eigenvalue weighted by atomic mass is 19.3. The Labute approximate surface area is 61.8 Å². The smallest absolute Gasteiger partial charge is 0.268 e. The monoisotopic (exact) mass is 163 g/mol. The molecule has 1 N–H and O–H groups in total. The van der Waals surface area contributed by atoms with Crippen molar-refractivity contribution in [1.29, 1.82) is 0 Å². The molecular weight excluding hydrogens is 156 g/mol. The number of halogens is 2. The van der Waals surface area contributed by atoms with Gasteiger partial charge in [0.1, 0.15) is 0 Å². The topological polar surface area (TPSA) is 46.2 Å². The molecule has 0 aromatic carbocycles. The van der Waals surface area contributed by atoms with E-state index in [1.54, 1.807) is 0 Å². The van der Waals surface area contributed by atoms with Crippen molar-refractivity contribution in [3.63, 3.8) is 0 Å². The number of carbonyl (C=O) groups is 2. The van der Waals surface area contributed by atoms with E-state index < -0.39 is 30.1 Å². The molecule has 0 bridgehead atoms. The summed E-state index contributed by atoms with van der Waals surface area (Å²) in [5.74, 6) is -1.37. The minimum absolute atomic E-state index is 0.430. The molecule has 1 atom stereocenters. The second-order valence-electron chi connectivity index (χ2n) is 2.65. The van der Waals surface area contributed by atoms with Crippen LogP contribution in [0.3, 0.4) is 0 Å². The predicted molar refractivity (Wildman–Crippen MR) is 32.2 cm³/mol. The summed E-state index contributed by atoms with van der Waals surface area (Å²) in [5, 5.41) is 1.94. The summed E-state index contributed by atoms with van der Waals surface area (Å²) in [6.07, 6.45) is -3.26. The van der Waals surface area contributed by atoms with Gasteiger partial charge in [-0.1, -0.05) is 0 Å². The van der Waals surface area contributed by atoms with E-state index in [1.807, 2.05) is 5.32 Å². The quantitative estimate of drug-likeness (QED) is 0.557. The van der Waals surface area contributed by atoms with Gasteiger partial charge in [-0.05, 0) is 6.92 Å². The number of alkyl halides is 2. The molecule has 1 fully saturated rings. The van der Waals surface area contributed by atoms with Gasteiger partial charge in [0.25, 0.3) is 6.43 Å². The van der Waals surface area contributed by atoms with Crippen molar-refractivity contribution in [2.75, 3.05) is 0 Å². The first-order valence-corrected chi connectivity index (χ1v) is 3.09. The van der Waals surface area contributed by atoms with E-state index in [-0.39, 0.29) is 0 Å². The van der Waals surface area contributed by atoms with E-state index in [1.165, 1.54) is 0 Å². The molecule has 1 amide bonds. The van der Waals surface area contributed by atoms with Gasteiger partial charge in [0.2, 0.25) is 5.91 Å². The molecule has 11 heavy (non-hydrogen) atoms. The predicted octanol–water partition coefficient (Wildman–Crippen LogP) is 0.0992. The van der Waals surface area contributed by atoms with Gasteiger partial charge < -0.3 is 5.32 Å². The van der Waals surface area contributed by atoms with Crippen molar-refractivity contribution in [3.8, 4) is 0 Å². The third-order valence-corrected chi connectivity index (χ3v) is 1.74. The number of carbonyl (C=O) groups excluding carboxylic acids is 2. The van der Waals surface area contributed by atoms with E-state index in [2.05, 4.69) is 0 Å². The van der Waals surface area contributed by atoms with E-state index in [0.29, 0.717) is 0 Å². The van der Waals surface area contributed by atoms with Crippen LogP contribution in [0.4, 0.5) is 8.78 Å². The molecule has 1 aliphatic rings. The fraction of sp³-hybridized carbons (Fsp3) is 0.667. The molecule has 0 aliphatic carbocycles. The maximum absolute atomic E-state index is 12.1. The Hall–Kier alpha value is -1.00. The number of nitrogens with one attached hydrogen (secondary N) is 1. The van der Waals surface area contributed by atoms with Gasteiger partial charge in [0.05, 0.1) is 6.42 Å². The van der Waals surface area contributed by atoms with Crippen LogP contribution in [0, 0.1) is 0 Å². The lowest BCUT2D eigenvalue weighted by molar-refractivity contribution is -0.126. The number of ketones is 1. The summed E-state index contributed by atoms with van der Waals surface area (Å²) >= 11 is 0. The normalized spacial score (nSPS) is 31.3. The van der Waals surface area contributed by atoms with Crippen LogP contribution in [0.5, 0.6) is 0 Å². The Morgan fingerprint density at radius 2 is 2.09 bits per heavy atom. The molecule has 3 nitrogen and oxygen atoms in total. The van der Waals surface area contributed by atoms with Crippen molar-refractivity contribution < 1.29 is 18.4 Å². The van der Waals surface area contributed by atoms with E-state index in [9.17, 15) is 18.4 Å². The SMILES string of the molecule is CC1(C(F)F)NC(=O)CC1=O. The van der Waals surface area contributed by atoms with Gasteiger partial charge in [0.15, 0.2) is 11.3 Å². The highest BCUT2D eigenvalue weighted by Gasteiger charge is 2.48. The molecular formula is C6H7F2NO2. The molecule has 0 saturated carbocycles. The Morgan fingerprint density at radius 3 is 2.27 bits per heavy atom. The Bertz CT molecular complexity index is 217. The highest BCUT2D eigenvalue weighted by molar-refractivity contribution is 6.10.